The number of terminal acetylenes is 1. The zero-order valence-electron chi connectivity index (χ0n) is 71.7. The molecule has 0 aliphatic rings. The summed E-state index contributed by atoms with van der Waals surface area (Å²) in [5.41, 5.74) is 14.6. The third-order valence-corrected chi connectivity index (χ3v) is 20.2. The van der Waals surface area contributed by atoms with E-state index in [1.807, 2.05) is 129 Å². The highest BCUT2D eigenvalue weighted by atomic mass is 19.3. The van der Waals surface area contributed by atoms with Gasteiger partial charge in [0, 0.05) is 126 Å². The number of rotatable bonds is 26. The zero-order valence-corrected chi connectivity index (χ0v) is 71.7. The van der Waals surface area contributed by atoms with E-state index >= 15 is 0 Å². The minimum absolute atomic E-state index is 0.0161. The van der Waals surface area contributed by atoms with Crippen molar-refractivity contribution in [2.24, 2.45) is 0 Å². The SMILES string of the molecule is C#Cc1cccc(C(=O)Cc2cc(N(C)c3cncnc3)ccc2F)c1.CN(c1cncnc1)c1cc(CC(=O)c2cccc(C(C)(F)F)n2)ccc1F.Cc1cccc(C(=O)Cc2cc(N(C)c3cncnc3)ccc2F)c1.Cc1cccc(C(=O)Cc2cccc(N(C)c3cncc(F)c3)c2)c1.Cc1ccnc(C(=O)Cc2ccc(F)c(N(C)c3cncnc3)c2)c1. The summed E-state index contributed by atoms with van der Waals surface area (Å²) < 4.78 is 97.2. The van der Waals surface area contributed by atoms with E-state index in [0.29, 0.717) is 79.4 Å². The molecule has 0 aliphatic heterocycles. The molecule has 21 nitrogen and oxygen atoms in total. The van der Waals surface area contributed by atoms with E-state index < -0.39 is 29.0 Å². The lowest BCUT2D eigenvalue weighted by atomic mass is 10.0. The number of benzene rings is 8. The van der Waals surface area contributed by atoms with Crippen LogP contribution in [0.15, 0.2) is 300 Å². The van der Waals surface area contributed by atoms with Gasteiger partial charge in [-0.25, -0.2) is 66.8 Å². The molecule has 0 saturated carbocycles. The van der Waals surface area contributed by atoms with E-state index in [4.69, 9.17) is 6.42 Å². The van der Waals surface area contributed by atoms with E-state index in [0.717, 1.165) is 57.6 Å². The minimum atomic E-state index is -3.14. The number of carbonyl (C=O) groups is 5. The van der Waals surface area contributed by atoms with Gasteiger partial charge in [0.15, 0.2) is 28.9 Å². The normalized spacial score (nSPS) is 10.6. The topological polar surface area (TPSA) is 243 Å². The van der Waals surface area contributed by atoms with Crippen LogP contribution >= 0.6 is 0 Å². The number of Topliss-reactive ketones (excluding diaryl/α,β-unsaturated/α-hetero) is 5. The lowest BCUT2D eigenvalue weighted by Gasteiger charge is -2.20. The maximum absolute atomic E-state index is 14.3. The maximum Gasteiger partial charge on any atom is 0.286 e. The first-order valence-electron chi connectivity index (χ1n) is 40.1. The monoisotopic (exact) mass is 1740 g/mol. The Morgan fingerprint density at radius 3 is 1.19 bits per heavy atom. The van der Waals surface area contributed by atoms with Crippen molar-refractivity contribution in [1.82, 2.24) is 54.8 Å². The average molecular weight is 1740 g/mol. The van der Waals surface area contributed by atoms with Crippen molar-refractivity contribution in [3.8, 4) is 12.3 Å². The van der Waals surface area contributed by atoms with Crippen molar-refractivity contribution in [2.45, 2.75) is 65.7 Å². The van der Waals surface area contributed by atoms with Gasteiger partial charge in [-0.05, 0) is 175 Å². The molecule has 8 aromatic carbocycles. The molecule has 0 radical (unpaired) electrons. The van der Waals surface area contributed by atoms with Gasteiger partial charge < -0.3 is 24.5 Å². The molecule has 0 N–H and O–H groups in total. The van der Waals surface area contributed by atoms with Crippen molar-refractivity contribution in [3.05, 3.63) is 413 Å². The summed E-state index contributed by atoms with van der Waals surface area (Å²) in [6.45, 7) is 6.53. The summed E-state index contributed by atoms with van der Waals surface area (Å²) >= 11 is 0. The molecule has 15 rings (SSSR count). The zero-order chi connectivity index (χ0) is 92.3. The lowest BCUT2D eigenvalue weighted by molar-refractivity contribution is 0.0126. The molecule has 0 saturated heterocycles. The quantitative estimate of drug-likeness (QED) is 0.0278. The van der Waals surface area contributed by atoms with Gasteiger partial charge in [-0.15, -0.1) is 6.42 Å². The molecule has 650 valence electrons. The van der Waals surface area contributed by atoms with Crippen molar-refractivity contribution in [3.63, 3.8) is 0 Å². The fourth-order valence-electron chi connectivity index (χ4n) is 13.0. The molecule has 15 aromatic rings. The lowest BCUT2D eigenvalue weighted by Crippen LogP contribution is -2.15. The van der Waals surface area contributed by atoms with E-state index in [1.165, 1.54) is 105 Å². The highest BCUT2D eigenvalue weighted by Gasteiger charge is 2.28. The Labute approximate surface area is 741 Å². The predicted molar refractivity (Wildman–Crippen MR) is 484 cm³/mol. The summed E-state index contributed by atoms with van der Waals surface area (Å²) in [6.07, 6.45) is 28.7. The van der Waals surface area contributed by atoms with Crippen LogP contribution in [0, 0.1) is 62.2 Å². The Hall–Kier alpha value is -16.1. The summed E-state index contributed by atoms with van der Waals surface area (Å²) in [5.74, 6) is -3.45. The van der Waals surface area contributed by atoms with E-state index in [-0.39, 0.29) is 77.6 Å². The highest BCUT2D eigenvalue weighted by Crippen LogP contribution is 2.33. The Morgan fingerprint density at radius 2 is 0.729 bits per heavy atom. The minimum Gasteiger partial charge on any atom is -0.343 e. The van der Waals surface area contributed by atoms with Gasteiger partial charge in [0.2, 0.25) is 0 Å². The molecular formula is C101H87F7N16O5. The standard InChI is InChI=1S/C21H16FN3O.C21H19FN2O.C20H17F3N4O.C20H18FN3O.C19H17FN4O/c1-3-15-5-4-6-16(9-15)21(26)11-17-10-18(7-8-20(17)22)25(2)19-12-23-14-24-13-19;1-15-5-3-7-17(9-15)21(25)11-16-6-4-8-19(10-16)24(2)20-12-18(22)13-23-14-20;1-20(22,23)19-5-3-4-16(26-19)18(28)9-13-6-7-15(21)17(8-13)27(2)14-10-24-12-25-11-14;1-14-4-3-5-15(8-14)20(25)10-16-9-17(6-7-19(16)21)24(2)18-11-22-13-23-12-18;1-13-5-6-23-17(7-13)19(25)9-14-3-4-16(20)18(8-14)24(2)15-10-21-12-22-11-15/h1,4-10,12-14H,11H2,2H3;3-10,12-14H,11H2,1-2H3;3-8,10-12H,9H2,1-2H3;3-9,11-13H,10H2,1-2H3;3-8,10-12H,9H2,1-2H3. The highest BCUT2D eigenvalue weighted by molar-refractivity contribution is 6.00. The molecule has 7 heterocycles. The Morgan fingerprint density at radius 1 is 0.341 bits per heavy atom. The summed E-state index contributed by atoms with van der Waals surface area (Å²) in [5, 5.41) is 0. The van der Waals surface area contributed by atoms with Gasteiger partial charge in [-0.2, -0.15) is 8.78 Å². The number of carbonyl (C=O) groups excluding carboxylic acids is 5. The summed E-state index contributed by atoms with van der Waals surface area (Å²) in [6, 6.07) is 56.6. The first kappa shape index (κ1) is 93.6. The smallest absolute Gasteiger partial charge is 0.286 e. The van der Waals surface area contributed by atoms with Crippen LogP contribution < -0.4 is 24.5 Å². The van der Waals surface area contributed by atoms with E-state index in [9.17, 15) is 54.7 Å². The van der Waals surface area contributed by atoms with E-state index in [2.05, 4.69) is 60.7 Å². The van der Waals surface area contributed by atoms with Crippen LogP contribution in [0.3, 0.4) is 0 Å². The molecule has 0 unspecified atom stereocenters. The molecule has 0 bridgehead atoms. The second-order valence-corrected chi connectivity index (χ2v) is 29.8. The van der Waals surface area contributed by atoms with Crippen molar-refractivity contribution >= 4 is 85.8 Å². The van der Waals surface area contributed by atoms with Crippen molar-refractivity contribution in [1.29, 1.82) is 0 Å². The molecule has 0 amide bonds. The van der Waals surface area contributed by atoms with Crippen molar-refractivity contribution < 1.29 is 54.7 Å². The number of nitrogens with zero attached hydrogens (tertiary/aromatic N) is 16. The number of ketones is 5. The molecule has 28 heteroatoms. The van der Waals surface area contributed by atoms with Crippen LogP contribution in [0.25, 0.3) is 0 Å². The van der Waals surface area contributed by atoms with Crippen LogP contribution in [0.2, 0.25) is 0 Å². The first-order chi connectivity index (χ1) is 61.9. The predicted octanol–water partition coefficient (Wildman–Crippen LogP) is 20.5. The fraction of sp³-hybridized carbons (Fsp3) is 0.149. The van der Waals surface area contributed by atoms with E-state index in [1.54, 1.807) is 146 Å². The third kappa shape index (κ3) is 26.5. The van der Waals surface area contributed by atoms with Gasteiger partial charge in [-0.1, -0.05) is 95.9 Å². The summed E-state index contributed by atoms with van der Waals surface area (Å²) in [7, 11) is 8.89. The number of halogens is 7. The number of pyridine rings is 3. The van der Waals surface area contributed by atoms with Gasteiger partial charge in [0.05, 0.1) is 102 Å². The Balaban J connectivity index is 0.000000156. The molecule has 0 aliphatic carbocycles. The second-order valence-electron chi connectivity index (χ2n) is 29.8. The van der Waals surface area contributed by atoms with Crippen molar-refractivity contribution in [2.75, 3.05) is 59.7 Å². The Bertz CT molecular complexity index is 6480. The van der Waals surface area contributed by atoms with Crippen LogP contribution in [0.4, 0.5) is 87.6 Å². The molecule has 0 atom stereocenters. The number of hydrogen-bond donors (Lipinski definition) is 0. The Kier molecular flexibility index (Phi) is 32.3. The third-order valence-electron chi connectivity index (χ3n) is 20.2. The van der Waals surface area contributed by atoms with Crippen LogP contribution in [-0.2, 0) is 38.0 Å². The van der Waals surface area contributed by atoms with Gasteiger partial charge >= 0.3 is 0 Å². The molecule has 129 heavy (non-hydrogen) atoms. The first-order valence-corrected chi connectivity index (χ1v) is 40.1. The maximum atomic E-state index is 14.3. The van der Waals surface area contributed by atoms with Crippen LogP contribution in [0.1, 0.15) is 115 Å². The number of anilines is 10. The van der Waals surface area contributed by atoms with Crippen LogP contribution in [0.5, 0.6) is 0 Å². The van der Waals surface area contributed by atoms with Crippen LogP contribution in [-0.4, -0.2) is 119 Å². The largest absolute Gasteiger partial charge is 0.343 e. The van der Waals surface area contributed by atoms with Gasteiger partial charge in [-0.3, -0.25) is 33.9 Å². The second kappa shape index (κ2) is 44.5. The number of alkyl halides is 2. The average Bonchev–Trinajstić information content (AvgIpc) is 1.06. The fourth-order valence-corrected chi connectivity index (χ4v) is 13.0. The number of aromatic nitrogens is 11. The van der Waals surface area contributed by atoms with Gasteiger partial charge in [0.1, 0.15) is 71.5 Å². The molecule has 7 aromatic heterocycles. The van der Waals surface area contributed by atoms with Gasteiger partial charge in [0.25, 0.3) is 5.92 Å². The molecule has 0 spiro atoms. The summed E-state index contributed by atoms with van der Waals surface area (Å²) in [4.78, 5) is 114. The molecular weight excluding hydrogens is 1650 g/mol. The number of hydrogen-bond acceptors (Lipinski definition) is 21. The number of aryl methyl sites for hydroxylation is 3. The molecule has 0 fully saturated rings.